The molecule has 1 aliphatic rings. The maximum absolute atomic E-state index is 14.2. The van der Waals surface area contributed by atoms with Crippen molar-refractivity contribution < 1.29 is 9.18 Å². The Bertz CT molecular complexity index is 1510. The lowest BCUT2D eigenvalue weighted by molar-refractivity contribution is -0.113. The van der Waals surface area contributed by atoms with Crippen molar-refractivity contribution in [2.45, 2.75) is 50.6 Å². The number of fused-ring (bicyclic) bond motifs is 1. The summed E-state index contributed by atoms with van der Waals surface area (Å²) in [5.41, 5.74) is 5.80. The van der Waals surface area contributed by atoms with Gasteiger partial charge in [-0.3, -0.25) is 4.79 Å². The lowest BCUT2D eigenvalue weighted by Crippen LogP contribution is -2.31. The molecule has 2 heterocycles. The molecule has 2 N–H and O–H groups in total. The van der Waals surface area contributed by atoms with Crippen molar-refractivity contribution >= 4 is 29.3 Å². The molecule has 1 atom stereocenters. The molecule has 0 saturated heterocycles. The van der Waals surface area contributed by atoms with Gasteiger partial charge in [0.15, 0.2) is 0 Å². The van der Waals surface area contributed by atoms with Gasteiger partial charge in [-0.25, -0.2) is 9.07 Å². The number of hydrogen-bond donors (Lipinski definition) is 2. The molecule has 3 aromatic carbocycles. The number of benzene rings is 3. The number of thioether (sulfide) groups is 1. The van der Waals surface area contributed by atoms with Gasteiger partial charge in [-0.05, 0) is 60.2 Å². The zero-order chi connectivity index (χ0) is 26.8. The molecule has 194 valence electrons. The zero-order valence-electron chi connectivity index (χ0n) is 21.8. The van der Waals surface area contributed by atoms with Gasteiger partial charge in [-0.1, -0.05) is 80.2 Å². The summed E-state index contributed by atoms with van der Waals surface area (Å²) in [6, 6.07) is 22.2. The second-order valence-corrected chi connectivity index (χ2v) is 10.7. The number of hydrogen-bond acceptors (Lipinski definition) is 5. The number of aromatic nitrogens is 3. The van der Waals surface area contributed by atoms with Crippen LogP contribution in [-0.4, -0.2) is 20.7 Å². The smallest absolute Gasteiger partial charge is 0.255 e. The molecule has 8 heteroatoms. The van der Waals surface area contributed by atoms with Gasteiger partial charge in [0, 0.05) is 17.1 Å². The minimum atomic E-state index is -0.479. The fourth-order valence-electron chi connectivity index (χ4n) is 4.54. The molecule has 0 bridgehead atoms. The quantitative estimate of drug-likeness (QED) is 0.252. The molecule has 1 amide bonds. The van der Waals surface area contributed by atoms with Crippen LogP contribution in [0.1, 0.15) is 55.0 Å². The maximum atomic E-state index is 14.2. The molecule has 4 aromatic rings. The third kappa shape index (κ3) is 5.36. The van der Waals surface area contributed by atoms with E-state index in [4.69, 9.17) is 5.10 Å². The molecule has 1 unspecified atom stereocenters. The minimum Gasteiger partial charge on any atom is -0.328 e. The summed E-state index contributed by atoms with van der Waals surface area (Å²) in [7, 11) is 0. The summed E-state index contributed by atoms with van der Waals surface area (Å²) in [5.74, 6) is 0.875. The third-order valence-corrected chi connectivity index (χ3v) is 7.47. The van der Waals surface area contributed by atoms with Crippen LogP contribution in [0.4, 0.5) is 16.0 Å². The van der Waals surface area contributed by atoms with Crippen LogP contribution in [0.5, 0.6) is 0 Å². The second-order valence-electron chi connectivity index (χ2n) is 9.75. The highest BCUT2D eigenvalue weighted by molar-refractivity contribution is 7.98. The molecule has 1 aromatic heterocycles. The molecule has 0 radical (unpaired) electrons. The third-order valence-electron chi connectivity index (χ3n) is 6.59. The first-order valence-electron chi connectivity index (χ1n) is 12.6. The van der Waals surface area contributed by atoms with E-state index in [9.17, 15) is 9.18 Å². The Kier molecular flexibility index (Phi) is 7.33. The number of carbonyl (C=O) groups excluding carboxylic acids is 1. The summed E-state index contributed by atoms with van der Waals surface area (Å²) < 4.78 is 15.9. The lowest BCUT2D eigenvalue weighted by Gasteiger charge is -2.29. The van der Waals surface area contributed by atoms with Gasteiger partial charge in [-0.2, -0.15) is 4.98 Å². The van der Waals surface area contributed by atoms with E-state index in [2.05, 4.69) is 53.7 Å². The van der Waals surface area contributed by atoms with Crippen LogP contribution < -0.4 is 10.6 Å². The van der Waals surface area contributed by atoms with Crippen LogP contribution in [0.2, 0.25) is 0 Å². The molecule has 0 spiro atoms. The highest BCUT2D eigenvalue weighted by Gasteiger charge is 2.34. The van der Waals surface area contributed by atoms with Crippen molar-refractivity contribution in [1.29, 1.82) is 0 Å². The molecule has 1 aliphatic heterocycles. The number of nitrogens with one attached hydrogen (secondary N) is 2. The van der Waals surface area contributed by atoms with Gasteiger partial charge in [0.2, 0.25) is 11.1 Å². The number of rotatable bonds is 7. The van der Waals surface area contributed by atoms with E-state index in [0.717, 1.165) is 16.8 Å². The van der Waals surface area contributed by atoms with Crippen LogP contribution in [0.15, 0.2) is 89.2 Å². The number of carbonyl (C=O) groups is 1. The number of allylic oxidation sites excluding steroid dienone is 1. The monoisotopic (exact) mass is 527 g/mol. The summed E-state index contributed by atoms with van der Waals surface area (Å²) in [6.07, 6.45) is 0. The first-order valence-corrected chi connectivity index (χ1v) is 13.6. The predicted molar refractivity (Wildman–Crippen MR) is 151 cm³/mol. The van der Waals surface area contributed by atoms with E-state index in [1.54, 1.807) is 16.8 Å². The number of anilines is 2. The van der Waals surface area contributed by atoms with E-state index < -0.39 is 6.04 Å². The molecular weight excluding hydrogens is 497 g/mol. The Morgan fingerprint density at radius 3 is 2.55 bits per heavy atom. The largest absolute Gasteiger partial charge is 0.328 e. The van der Waals surface area contributed by atoms with Gasteiger partial charge < -0.3 is 10.6 Å². The van der Waals surface area contributed by atoms with Crippen LogP contribution in [0.3, 0.4) is 0 Å². The van der Waals surface area contributed by atoms with Gasteiger partial charge in [-0.15, -0.1) is 5.10 Å². The average Bonchev–Trinajstić information content (AvgIpc) is 3.29. The Balaban J connectivity index is 1.50. The van der Waals surface area contributed by atoms with Gasteiger partial charge in [0.25, 0.3) is 5.91 Å². The molecule has 0 fully saturated rings. The van der Waals surface area contributed by atoms with Gasteiger partial charge in [0.1, 0.15) is 11.9 Å². The second kappa shape index (κ2) is 10.8. The summed E-state index contributed by atoms with van der Waals surface area (Å²) in [5, 5.41) is 11.6. The highest BCUT2D eigenvalue weighted by Crippen LogP contribution is 2.37. The topological polar surface area (TPSA) is 71.8 Å². The number of amides is 1. The van der Waals surface area contributed by atoms with Crippen molar-refractivity contribution in [1.82, 2.24) is 14.8 Å². The Labute approximate surface area is 226 Å². The molecule has 0 saturated carbocycles. The normalized spacial score (nSPS) is 14.8. The summed E-state index contributed by atoms with van der Waals surface area (Å²) in [6.45, 7) is 8.17. The van der Waals surface area contributed by atoms with Crippen molar-refractivity contribution in [3.63, 3.8) is 0 Å². The van der Waals surface area contributed by atoms with Crippen molar-refractivity contribution in [2.75, 3.05) is 10.6 Å². The van der Waals surface area contributed by atoms with Crippen LogP contribution >= 0.6 is 11.8 Å². The minimum absolute atomic E-state index is 0.208. The lowest BCUT2D eigenvalue weighted by atomic mass is 9.92. The molecule has 6 nitrogen and oxygen atoms in total. The van der Waals surface area contributed by atoms with Crippen molar-refractivity contribution in [3.05, 3.63) is 112 Å². The van der Waals surface area contributed by atoms with E-state index in [1.807, 2.05) is 44.2 Å². The highest BCUT2D eigenvalue weighted by atomic mass is 32.2. The standard InChI is InChI=1S/C30H30FN5OS/c1-18(2)21-12-14-22(15-13-21)27-26(28(37)33-24-10-7-8-19(3)16-24)20(4)32-29-34-30(35-36(27)29)38-17-23-9-5-6-11-25(23)31/h5-16,18,27H,17H2,1-4H3,(H,33,37)(H,32,34,35). The van der Waals surface area contributed by atoms with E-state index >= 15 is 0 Å². The SMILES string of the molecule is CC1=C(C(=O)Nc2cccc(C)c2)C(c2ccc(C(C)C)cc2)n2nc(SCc3ccccc3F)nc2N1. The number of nitrogens with zero attached hydrogens (tertiary/aromatic N) is 3. The molecule has 5 rings (SSSR count). The van der Waals surface area contributed by atoms with Crippen LogP contribution in [-0.2, 0) is 10.5 Å². The van der Waals surface area contributed by atoms with Gasteiger partial charge >= 0.3 is 0 Å². The first kappa shape index (κ1) is 25.7. The molecule has 0 aliphatic carbocycles. The maximum Gasteiger partial charge on any atom is 0.255 e. The number of halogens is 1. The van der Waals surface area contributed by atoms with Gasteiger partial charge in [0.05, 0.1) is 5.57 Å². The van der Waals surface area contributed by atoms with E-state index in [1.165, 1.54) is 23.4 Å². The molecular formula is C30H30FN5OS. The predicted octanol–water partition coefficient (Wildman–Crippen LogP) is 7.07. The average molecular weight is 528 g/mol. The fraction of sp³-hybridized carbons (Fsp3) is 0.233. The van der Waals surface area contributed by atoms with E-state index in [-0.39, 0.29) is 11.7 Å². The van der Waals surface area contributed by atoms with Crippen LogP contribution in [0.25, 0.3) is 0 Å². The first-order chi connectivity index (χ1) is 18.3. The Morgan fingerprint density at radius 1 is 1.08 bits per heavy atom. The Hall–Kier alpha value is -3.91. The fourth-order valence-corrected chi connectivity index (χ4v) is 5.35. The molecule has 38 heavy (non-hydrogen) atoms. The van der Waals surface area contributed by atoms with Crippen molar-refractivity contribution in [3.8, 4) is 0 Å². The summed E-state index contributed by atoms with van der Waals surface area (Å²) >= 11 is 1.36. The summed E-state index contributed by atoms with van der Waals surface area (Å²) in [4.78, 5) is 18.4. The van der Waals surface area contributed by atoms with E-state index in [0.29, 0.717) is 39.6 Å². The van der Waals surface area contributed by atoms with Crippen LogP contribution in [0, 0.1) is 12.7 Å². The Morgan fingerprint density at radius 2 is 1.84 bits per heavy atom. The number of aryl methyl sites for hydroxylation is 1. The zero-order valence-corrected chi connectivity index (χ0v) is 22.6. The van der Waals surface area contributed by atoms with Crippen molar-refractivity contribution in [2.24, 2.45) is 0 Å².